The highest BCUT2D eigenvalue weighted by Crippen LogP contribution is 2.32. The first-order chi connectivity index (χ1) is 12.8. The molecule has 3 aromatic rings. The van der Waals surface area contributed by atoms with E-state index in [2.05, 4.69) is 11.1 Å². The van der Waals surface area contributed by atoms with Gasteiger partial charge in [0, 0.05) is 18.7 Å². The van der Waals surface area contributed by atoms with Crippen molar-refractivity contribution >= 4 is 45.0 Å². The topological polar surface area (TPSA) is 36.4 Å². The third-order valence-electron chi connectivity index (χ3n) is 4.22. The smallest absolute Gasteiger partial charge is 0.260 e. The number of likely N-dealkylation sites (N-methyl/N-ethyl adjacent to an activating group) is 1. The third-order valence-corrected chi connectivity index (χ3v) is 5.45. The summed E-state index contributed by atoms with van der Waals surface area (Å²) >= 11 is 1.43. The number of nitrogens with zero attached hydrogens (tertiary/aromatic N) is 3. The maximum Gasteiger partial charge on any atom is 0.260 e. The van der Waals surface area contributed by atoms with Gasteiger partial charge in [0.25, 0.3) is 5.91 Å². The van der Waals surface area contributed by atoms with E-state index in [0.29, 0.717) is 18.2 Å². The van der Waals surface area contributed by atoms with Crippen LogP contribution in [0.1, 0.15) is 21.5 Å². The molecule has 1 amide bonds. The zero-order valence-electron chi connectivity index (χ0n) is 16.1. The molecular weight excluding hydrogens is 404 g/mol. The number of aromatic nitrogens is 1. The van der Waals surface area contributed by atoms with E-state index in [1.807, 2.05) is 38.9 Å². The number of benzene rings is 2. The van der Waals surface area contributed by atoms with Crippen LogP contribution in [0.2, 0.25) is 0 Å². The van der Waals surface area contributed by atoms with E-state index >= 15 is 0 Å². The Hall–Kier alpha value is -2.09. The largest absolute Gasteiger partial charge is 0.308 e. The van der Waals surface area contributed by atoms with Crippen molar-refractivity contribution in [3.8, 4) is 0 Å². The normalized spacial score (nSPS) is 11.0. The number of hydrogen-bond donors (Lipinski definition) is 0. The lowest BCUT2D eigenvalue weighted by Crippen LogP contribution is -2.36. The zero-order chi connectivity index (χ0) is 19.7. The molecule has 0 unspecified atom stereocenters. The third kappa shape index (κ3) is 4.66. The quantitative estimate of drug-likeness (QED) is 0.588. The van der Waals surface area contributed by atoms with Crippen molar-refractivity contribution in [2.75, 3.05) is 32.1 Å². The van der Waals surface area contributed by atoms with Crippen LogP contribution in [0.5, 0.6) is 0 Å². The summed E-state index contributed by atoms with van der Waals surface area (Å²) in [5, 5.41) is 0.551. The van der Waals surface area contributed by atoms with Crippen LogP contribution >= 0.6 is 23.7 Å². The van der Waals surface area contributed by atoms with E-state index in [1.165, 1.54) is 22.3 Å². The summed E-state index contributed by atoms with van der Waals surface area (Å²) in [4.78, 5) is 21.2. The molecule has 0 aliphatic rings. The molecule has 2 aromatic carbocycles. The van der Waals surface area contributed by atoms with Gasteiger partial charge < -0.3 is 4.90 Å². The van der Waals surface area contributed by atoms with Gasteiger partial charge in [-0.1, -0.05) is 17.4 Å². The van der Waals surface area contributed by atoms with Crippen molar-refractivity contribution in [3.05, 3.63) is 58.7 Å². The molecule has 0 aliphatic heterocycles. The minimum Gasteiger partial charge on any atom is -0.308 e. The van der Waals surface area contributed by atoms with Crippen molar-refractivity contribution < 1.29 is 13.6 Å². The summed E-state index contributed by atoms with van der Waals surface area (Å²) in [5.74, 6) is -2.41. The highest BCUT2D eigenvalue weighted by atomic mass is 35.5. The molecule has 0 radical (unpaired) electrons. The van der Waals surface area contributed by atoms with E-state index in [0.717, 1.165) is 33.5 Å². The number of carbonyl (C=O) groups excluding carboxylic acids is 1. The van der Waals surface area contributed by atoms with Crippen LogP contribution in [0.3, 0.4) is 0 Å². The summed E-state index contributed by atoms with van der Waals surface area (Å²) in [5.41, 5.74) is 3.13. The molecule has 1 heterocycles. The van der Waals surface area contributed by atoms with Crippen LogP contribution in [0, 0.1) is 25.5 Å². The van der Waals surface area contributed by atoms with Crippen molar-refractivity contribution in [1.82, 2.24) is 9.88 Å². The monoisotopic (exact) mass is 425 g/mol. The summed E-state index contributed by atoms with van der Waals surface area (Å²) in [6.45, 7) is 5.02. The molecular formula is C20H22ClF2N3OS. The lowest BCUT2D eigenvalue weighted by molar-refractivity contribution is 0.0984. The minimum atomic E-state index is -1.04. The number of halogens is 3. The number of rotatable bonds is 5. The second-order valence-corrected chi connectivity index (χ2v) is 7.79. The van der Waals surface area contributed by atoms with E-state index in [9.17, 15) is 13.6 Å². The fourth-order valence-electron chi connectivity index (χ4n) is 2.85. The molecule has 0 bridgehead atoms. The van der Waals surface area contributed by atoms with Gasteiger partial charge in [-0.3, -0.25) is 9.69 Å². The number of anilines is 1. The van der Waals surface area contributed by atoms with E-state index in [4.69, 9.17) is 0 Å². The summed E-state index contributed by atoms with van der Waals surface area (Å²) < 4.78 is 27.9. The van der Waals surface area contributed by atoms with Gasteiger partial charge in [-0.05, 0) is 63.3 Å². The molecule has 3 rings (SSSR count). The number of thiazole rings is 1. The van der Waals surface area contributed by atoms with Gasteiger partial charge in [-0.15, -0.1) is 12.4 Å². The molecule has 0 saturated heterocycles. The average molecular weight is 426 g/mol. The predicted octanol–water partition coefficient (Wildman–Crippen LogP) is 4.82. The second-order valence-electron chi connectivity index (χ2n) is 6.82. The van der Waals surface area contributed by atoms with Crippen LogP contribution in [-0.4, -0.2) is 43.0 Å². The van der Waals surface area contributed by atoms with Gasteiger partial charge in [0.15, 0.2) is 16.8 Å². The Kier molecular flexibility index (Phi) is 7.09. The zero-order valence-corrected chi connectivity index (χ0v) is 17.8. The number of aryl methyl sites for hydroxylation is 2. The van der Waals surface area contributed by atoms with Crippen LogP contribution in [0.4, 0.5) is 13.9 Å². The fraction of sp³-hybridized carbons (Fsp3) is 0.300. The Morgan fingerprint density at radius 3 is 2.43 bits per heavy atom. The first-order valence-corrected chi connectivity index (χ1v) is 9.37. The molecule has 4 nitrogen and oxygen atoms in total. The highest BCUT2D eigenvalue weighted by Gasteiger charge is 2.23. The second kappa shape index (κ2) is 8.94. The van der Waals surface area contributed by atoms with Gasteiger partial charge in [-0.25, -0.2) is 13.8 Å². The summed E-state index contributed by atoms with van der Waals surface area (Å²) in [6.07, 6.45) is 0. The van der Waals surface area contributed by atoms with E-state index in [1.54, 1.807) is 0 Å². The Bertz CT molecular complexity index is 1010. The minimum absolute atomic E-state index is 0. The number of amides is 1. The first kappa shape index (κ1) is 22.2. The van der Waals surface area contributed by atoms with Crippen LogP contribution < -0.4 is 4.90 Å². The van der Waals surface area contributed by atoms with Gasteiger partial charge >= 0.3 is 0 Å². The van der Waals surface area contributed by atoms with Crippen LogP contribution in [0.25, 0.3) is 10.2 Å². The van der Waals surface area contributed by atoms with Gasteiger partial charge in [0.2, 0.25) is 0 Å². The molecule has 0 N–H and O–H groups in total. The maximum atomic E-state index is 13.6. The molecule has 150 valence electrons. The average Bonchev–Trinajstić information content (AvgIpc) is 3.01. The standard InChI is InChI=1S/C20H21F2N3OS.ClH/c1-12-9-13(2)18-17(10-12)23-20(27-18)25(8-7-24(3)4)19(26)14-5-6-15(21)16(22)11-14;/h5-6,9-11H,7-8H2,1-4H3;1H. The molecule has 28 heavy (non-hydrogen) atoms. The first-order valence-electron chi connectivity index (χ1n) is 8.55. The van der Waals surface area contributed by atoms with Gasteiger partial charge in [0.1, 0.15) is 0 Å². The number of carbonyl (C=O) groups is 1. The van der Waals surface area contributed by atoms with E-state index in [-0.39, 0.29) is 18.0 Å². The van der Waals surface area contributed by atoms with Crippen molar-refractivity contribution in [2.24, 2.45) is 0 Å². The molecule has 0 aliphatic carbocycles. The van der Waals surface area contributed by atoms with Crippen LogP contribution in [0.15, 0.2) is 30.3 Å². The van der Waals surface area contributed by atoms with Crippen molar-refractivity contribution in [1.29, 1.82) is 0 Å². The lowest BCUT2D eigenvalue weighted by atomic mass is 10.1. The van der Waals surface area contributed by atoms with Crippen LogP contribution in [-0.2, 0) is 0 Å². The lowest BCUT2D eigenvalue weighted by Gasteiger charge is -2.22. The molecule has 0 atom stereocenters. The molecule has 1 aromatic heterocycles. The molecule has 0 spiro atoms. The summed E-state index contributed by atoms with van der Waals surface area (Å²) in [7, 11) is 3.82. The SMILES string of the molecule is Cc1cc(C)c2sc(N(CCN(C)C)C(=O)c3ccc(F)c(F)c3)nc2c1.Cl. The Morgan fingerprint density at radius 1 is 1.07 bits per heavy atom. The van der Waals surface area contributed by atoms with Crippen molar-refractivity contribution in [3.63, 3.8) is 0 Å². The Labute approximate surface area is 173 Å². The predicted molar refractivity (Wildman–Crippen MR) is 113 cm³/mol. The fourth-order valence-corrected chi connectivity index (χ4v) is 3.89. The van der Waals surface area contributed by atoms with Gasteiger partial charge in [0.05, 0.1) is 10.2 Å². The number of fused-ring (bicyclic) bond motifs is 1. The molecule has 0 saturated carbocycles. The van der Waals surface area contributed by atoms with Crippen molar-refractivity contribution in [2.45, 2.75) is 13.8 Å². The number of hydrogen-bond acceptors (Lipinski definition) is 4. The van der Waals surface area contributed by atoms with E-state index < -0.39 is 17.5 Å². The maximum absolute atomic E-state index is 13.6. The highest BCUT2D eigenvalue weighted by molar-refractivity contribution is 7.22. The molecule has 8 heteroatoms. The summed E-state index contributed by atoms with van der Waals surface area (Å²) in [6, 6.07) is 7.26. The Morgan fingerprint density at radius 2 is 1.79 bits per heavy atom. The van der Waals surface area contributed by atoms with Gasteiger partial charge in [-0.2, -0.15) is 0 Å². The molecule has 0 fully saturated rings. The Balaban J connectivity index is 0.00000280.